The van der Waals surface area contributed by atoms with Gasteiger partial charge in [-0.3, -0.25) is 39.0 Å². The quantitative estimate of drug-likeness (QED) is 0.0266. The largest absolute Gasteiger partial charge is 0.481 e. The highest BCUT2D eigenvalue weighted by Crippen LogP contribution is 2.19. The van der Waals surface area contributed by atoms with Gasteiger partial charge in [-0.15, -0.1) is 0 Å². The number of carbonyl (C=O) groups is 8. The van der Waals surface area contributed by atoms with Gasteiger partial charge in [0.1, 0.15) is 30.2 Å². The van der Waals surface area contributed by atoms with Crippen molar-refractivity contribution in [2.24, 2.45) is 17.2 Å². The predicted molar refractivity (Wildman–Crippen MR) is 174 cm³/mol. The summed E-state index contributed by atoms with van der Waals surface area (Å²) in [4.78, 5) is 101. The van der Waals surface area contributed by atoms with Gasteiger partial charge in [0.25, 0.3) is 0 Å². The van der Waals surface area contributed by atoms with Gasteiger partial charge in [-0.25, -0.2) is 4.79 Å². The number of nitrogens with one attached hydrogen (secondary N) is 7. The van der Waals surface area contributed by atoms with E-state index < -0.39 is 104 Å². The molecule has 0 aliphatic carbocycles. The number of likely N-dealkylation sites (tertiary alicyclic amines) is 1. The van der Waals surface area contributed by atoms with Gasteiger partial charge >= 0.3 is 11.9 Å². The molecule has 0 bridgehead atoms. The van der Waals surface area contributed by atoms with E-state index in [-0.39, 0.29) is 44.7 Å². The van der Waals surface area contributed by atoms with Crippen LogP contribution in [0.15, 0.2) is 0 Å². The molecular formula is C28H49N11O11. The topological polar surface area (TPSA) is 375 Å². The SMILES string of the molecule is N=C(N)NCCC[C@H](NC(=O)CN)C(=O)NCC(=O)N[C@@H](CC(=O)O)C(=O)N[C@@H](CO)C(=O)N1CCC[C@H]1C(=O)N[C@@H](CCCCN)C(=O)O. The van der Waals surface area contributed by atoms with E-state index in [0.29, 0.717) is 25.8 Å². The van der Waals surface area contributed by atoms with Crippen molar-refractivity contribution in [3.05, 3.63) is 0 Å². The number of guanidine groups is 1. The van der Waals surface area contributed by atoms with E-state index in [1.165, 1.54) is 0 Å². The van der Waals surface area contributed by atoms with Gasteiger partial charge in [-0.1, -0.05) is 0 Å². The molecule has 1 aliphatic rings. The van der Waals surface area contributed by atoms with E-state index in [0.717, 1.165) is 4.90 Å². The Hall–Kier alpha value is -5.09. The first-order valence-electron chi connectivity index (χ1n) is 16.0. The van der Waals surface area contributed by atoms with Crippen molar-refractivity contribution in [3.63, 3.8) is 0 Å². The summed E-state index contributed by atoms with van der Waals surface area (Å²) in [6.45, 7) is -1.55. The van der Waals surface area contributed by atoms with Crippen molar-refractivity contribution < 1.29 is 53.7 Å². The van der Waals surface area contributed by atoms with E-state index in [1.54, 1.807) is 0 Å². The molecule has 16 N–H and O–H groups in total. The number of aliphatic carboxylic acids is 2. The van der Waals surface area contributed by atoms with Crippen LogP contribution in [0.5, 0.6) is 0 Å². The average molecular weight is 716 g/mol. The highest BCUT2D eigenvalue weighted by molar-refractivity contribution is 5.97. The lowest BCUT2D eigenvalue weighted by Gasteiger charge is -2.29. The van der Waals surface area contributed by atoms with E-state index >= 15 is 0 Å². The molecule has 1 saturated heterocycles. The molecule has 22 heteroatoms. The standard InChI is InChI=1S/C28H49N11O11/c29-8-2-1-5-16(27(49)50)37-25(47)19-7-4-10-39(19)26(48)18(14-40)38-24(46)17(11-22(43)44)36-21(42)13-34-23(45)15(35-20(41)12-30)6-3-9-33-28(31)32/h15-19,40H,1-14,29-30H2,(H,34,45)(H,35,41)(H,36,42)(H,37,47)(H,38,46)(H,43,44)(H,49,50)(H4,31,32,33)/t15-,16-,17-,18-,19-/m0/s1. The van der Waals surface area contributed by atoms with E-state index in [1.807, 2.05) is 0 Å². The molecule has 0 unspecified atom stereocenters. The molecule has 5 atom stereocenters. The molecule has 0 aromatic heterocycles. The van der Waals surface area contributed by atoms with Crippen LogP contribution in [0, 0.1) is 5.41 Å². The summed E-state index contributed by atoms with van der Waals surface area (Å²) in [6, 6.07) is -6.90. The molecule has 0 spiro atoms. The maximum atomic E-state index is 13.3. The number of hydrogen-bond donors (Lipinski definition) is 13. The highest BCUT2D eigenvalue weighted by atomic mass is 16.4. The first kappa shape index (κ1) is 42.9. The van der Waals surface area contributed by atoms with Crippen molar-refractivity contribution in [1.29, 1.82) is 5.41 Å². The van der Waals surface area contributed by atoms with E-state index in [4.69, 9.17) is 22.6 Å². The number of rotatable bonds is 23. The average Bonchev–Trinajstić information content (AvgIpc) is 3.56. The molecule has 1 rings (SSSR count). The molecule has 0 saturated carbocycles. The Morgan fingerprint density at radius 3 is 2.04 bits per heavy atom. The summed E-state index contributed by atoms with van der Waals surface area (Å²) in [6.07, 6.45) is 1.02. The Morgan fingerprint density at radius 1 is 0.800 bits per heavy atom. The fourth-order valence-corrected chi connectivity index (χ4v) is 4.95. The Labute approximate surface area is 287 Å². The zero-order chi connectivity index (χ0) is 37.8. The molecule has 50 heavy (non-hydrogen) atoms. The highest BCUT2D eigenvalue weighted by Gasteiger charge is 2.39. The van der Waals surface area contributed by atoms with Crippen molar-refractivity contribution in [3.8, 4) is 0 Å². The number of unbranched alkanes of at least 4 members (excludes halogenated alkanes) is 1. The minimum atomic E-state index is -1.77. The van der Waals surface area contributed by atoms with Gasteiger partial charge in [0.15, 0.2) is 5.96 Å². The Balaban J connectivity index is 2.90. The molecule has 0 aromatic carbocycles. The van der Waals surface area contributed by atoms with Crippen LogP contribution in [0.3, 0.4) is 0 Å². The van der Waals surface area contributed by atoms with Crippen molar-refractivity contribution in [2.45, 2.75) is 81.6 Å². The minimum absolute atomic E-state index is 0.0448. The summed E-state index contributed by atoms with van der Waals surface area (Å²) in [7, 11) is 0. The lowest BCUT2D eigenvalue weighted by Crippen LogP contribution is -2.59. The summed E-state index contributed by atoms with van der Waals surface area (Å²) in [5.41, 5.74) is 15.9. The molecule has 6 amide bonds. The number of nitrogens with two attached hydrogens (primary N) is 3. The molecule has 22 nitrogen and oxygen atoms in total. The number of nitrogens with zero attached hydrogens (tertiary/aromatic N) is 1. The molecule has 0 radical (unpaired) electrons. The van der Waals surface area contributed by atoms with Crippen LogP contribution in [-0.4, -0.2) is 143 Å². The predicted octanol–water partition coefficient (Wildman–Crippen LogP) is -6.06. The molecule has 282 valence electrons. The number of carboxylic acids is 2. The number of aliphatic hydroxyl groups excluding tert-OH is 1. The first-order valence-corrected chi connectivity index (χ1v) is 16.0. The fraction of sp³-hybridized carbons (Fsp3) is 0.679. The summed E-state index contributed by atoms with van der Waals surface area (Å²) in [5.74, 6) is -8.36. The number of hydrogen-bond acceptors (Lipinski definition) is 12. The van der Waals surface area contributed by atoms with Gasteiger partial charge < -0.3 is 69.3 Å². The number of carboxylic acid groups (broad SMARTS) is 2. The lowest BCUT2D eigenvalue weighted by atomic mass is 10.1. The van der Waals surface area contributed by atoms with Crippen LogP contribution in [0.25, 0.3) is 0 Å². The Kier molecular flexibility index (Phi) is 19.3. The Morgan fingerprint density at radius 2 is 1.46 bits per heavy atom. The minimum Gasteiger partial charge on any atom is -0.481 e. The first-order chi connectivity index (χ1) is 23.6. The molecule has 0 aromatic rings. The van der Waals surface area contributed by atoms with Crippen LogP contribution < -0.4 is 49.1 Å². The normalized spacial score (nSPS) is 16.1. The van der Waals surface area contributed by atoms with Gasteiger partial charge in [0, 0.05) is 13.1 Å². The molecular weight excluding hydrogens is 666 g/mol. The maximum Gasteiger partial charge on any atom is 0.326 e. The summed E-state index contributed by atoms with van der Waals surface area (Å²) < 4.78 is 0. The van der Waals surface area contributed by atoms with Crippen LogP contribution in [0.2, 0.25) is 0 Å². The zero-order valence-electron chi connectivity index (χ0n) is 27.6. The second-order valence-corrected chi connectivity index (χ2v) is 11.4. The second kappa shape index (κ2) is 22.5. The van der Waals surface area contributed by atoms with E-state index in [9.17, 15) is 53.7 Å². The van der Waals surface area contributed by atoms with Gasteiger partial charge in [0.2, 0.25) is 35.4 Å². The number of amides is 6. The van der Waals surface area contributed by atoms with Crippen LogP contribution in [0.4, 0.5) is 0 Å². The van der Waals surface area contributed by atoms with Crippen LogP contribution in [0.1, 0.15) is 51.4 Å². The van der Waals surface area contributed by atoms with Crippen molar-refractivity contribution >= 4 is 53.3 Å². The smallest absolute Gasteiger partial charge is 0.326 e. The van der Waals surface area contributed by atoms with Crippen LogP contribution in [-0.2, 0) is 38.4 Å². The van der Waals surface area contributed by atoms with Crippen LogP contribution >= 0.6 is 0 Å². The van der Waals surface area contributed by atoms with Gasteiger partial charge in [-0.2, -0.15) is 0 Å². The third-order valence-corrected chi connectivity index (χ3v) is 7.47. The number of carbonyl (C=O) groups excluding carboxylic acids is 6. The van der Waals surface area contributed by atoms with Gasteiger partial charge in [-0.05, 0) is 51.5 Å². The van der Waals surface area contributed by atoms with Crippen molar-refractivity contribution in [2.75, 3.05) is 39.3 Å². The lowest BCUT2D eigenvalue weighted by molar-refractivity contribution is -0.145. The monoisotopic (exact) mass is 715 g/mol. The zero-order valence-corrected chi connectivity index (χ0v) is 27.6. The summed E-state index contributed by atoms with van der Waals surface area (Å²) in [5, 5.41) is 49.8. The number of aliphatic hydroxyl groups is 1. The fourth-order valence-electron chi connectivity index (χ4n) is 4.95. The molecule has 1 fully saturated rings. The Bertz CT molecular complexity index is 1240. The maximum absolute atomic E-state index is 13.3. The summed E-state index contributed by atoms with van der Waals surface area (Å²) >= 11 is 0. The third kappa shape index (κ3) is 15.4. The molecule has 1 heterocycles. The van der Waals surface area contributed by atoms with Gasteiger partial charge in [0.05, 0.1) is 26.1 Å². The van der Waals surface area contributed by atoms with Crippen molar-refractivity contribution in [1.82, 2.24) is 36.8 Å². The molecule has 1 aliphatic heterocycles. The third-order valence-electron chi connectivity index (χ3n) is 7.47. The van der Waals surface area contributed by atoms with E-state index in [2.05, 4.69) is 31.9 Å². The second-order valence-electron chi connectivity index (χ2n) is 11.4.